The summed E-state index contributed by atoms with van der Waals surface area (Å²) in [6.45, 7) is 0. The first-order chi connectivity index (χ1) is 6.19. The third-order valence-corrected chi connectivity index (χ3v) is 2.56. The van der Waals surface area contributed by atoms with Crippen molar-refractivity contribution >= 4 is 43.6 Å². The van der Waals surface area contributed by atoms with Gasteiger partial charge in [-0.3, -0.25) is 0 Å². The van der Waals surface area contributed by atoms with Gasteiger partial charge >= 0.3 is 0 Å². The van der Waals surface area contributed by atoms with Crippen molar-refractivity contribution in [2.24, 2.45) is 4.99 Å². The summed E-state index contributed by atoms with van der Waals surface area (Å²) in [6, 6.07) is 5.15. The summed E-state index contributed by atoms with van der Waals surface area (Å²) in [5, 5.41) is 8.70. The minimum absolute atomic E-state index is 0.452. The van der Waals surface area contributed by atoms with E-state index in [4.69, 9.17) is 5.26 Å². The molecule has 0 aromatic heterocycles. The summed E-state index contributed by atoms with van der Waals surface area (Å²) in [4.78, 5) is 13.4. The predicted molar refractivity (Wildman–Crippen MR) is 54.3 cm³/mol. The minimum Gasteiger partial charge on any atom is -0.211 e. The van der Waals surface area contributed by atoms with Gasteiger partial charge in [0, 0.05) is 8.95 Å². The highest BCUT2D eigenvalue weighted by Gasteiger charge is 2.05. The van der Waals surface area contributed by atoms with Gasteiger partial charge in [0.05, 0.1) is 11.3 Å². The van der Waals surface area contributed by atoms with Crippen LogP contribution in [0.3, 0.4) is 0 Å². The number of hydrogen-bond donors (Lipinski definition) is 0. The van der Waals surface area contributed by atoms with Crippen LogP contribution in [0.5, 0.6) is 0 Å². The van der Waals surface area contributed by atoms with Gasteiger partial charge in [0.1, 0.15) is 6.07 Å². The van der Waals surface area contributed by atoms with Gasteiger partial charge in [-0.25, -0.2) is 4.79 Å². The van der Waals surface area contributed by atoms with Crippen LogP contribution < -0.4 is 0 Å². The van der Waals surface area contributed by atoms with E-state index in [2.05, 4.69) is 36.9 Å². The Bertz CT molecular complexity index is 407. The lowest BCUT2D eigenvalue weighted by Crippen LogP contribution is -1.79. The quantitative estimate of drug-likeness (QED) is 0.591. The lowest BCUT2D eigenvalue weighted by atomic mass is 10.2. The molecule has 0 spiro atoms. The molecule has 0 fully saturated rings. The molecule has 0 radical (unpaired) electrons. The van der Waals surface area contributed by atoms with E-state index in [1.807, 2.05) is 6.07 Å². The second kappa shape index (κ2) is 4.33. The molecule has 0 atom stereocenters. The number of carbonyl (C=O) groups excluding carboxylic acids is 1. The highest BCUT2D eigenvalue weighted by molar-refractivity contribution is 9.11. The fourth-order valence-electron chi connectivity index (χ4n) is 0.784. The zero-order valence-corrected chi connectivity index (χ0v) is 9.39. The van der Waals surface area contributed by atoms with Crippen molar-refractivity contribution in [3.05, 3.63) is 26.6 Å². The van der Waals surface area contributed by atoms with E-state index in [-0.39, 0.29) is 0 Å². The zero-order valence-electron chi connectivity index (χ0n) is 6.21. The van der Waals surface area contributed by atoms with Crippen molar-refractivity contribution in [1.29, 1.82) is 5.26 Å². The average molecular weight is 302 g/mol. The normalized spacial score (nSPS) is 8.69. The Kier molecular flexibility index (Phi) is 3.38. The molecule has 1 rings (SSSR count). The summed E-state index contributed by atoms with van der Waals surface area (Å²) in [5.41, 5.74) is 0.928. The number of rotatable bonds is 1. The zero-order chi connectivity index (χ0) is 9.84. The molecule has 0 unspecified atom stereocenters. The maximum Gasteiger partial charge on any atom is 0.240 e. The van der Waals surface area contributed by atoms with E-state index in [0.29, 0.717) is 20.2 Å². The van der Waals surface area contributed by atoms with Crippen LogP contribution in [0.15, 0.2) is 26.1 Å². The van der Waals surface area contributed by atoms with Gasteiger partial charge in [-0.2, -0.15) is 10.3 Å². The fraction of sp³-hybridized carbons (Fsp3) is 0. The molecule has 0 aliphatic carbocycles. The van der Waals surface area contributed by atoms with E-state index >= 15 is 0 Å². The Morgan fingerprint density at radius 2 is 1.85 bits per heavy atom. The Morgan fingerprint density at radius 1 is 1.31 bits per heavy atom. The SMILES string of the molecule is N#Cc1c(Br)cc(N=C=O)cc1Br. The third kappa shape index (κ3) is 2.25. The Labute approximate surface area is 91.3 Å². The van der Waals surface area contributed by atoms with Gasteiger partial charge in [0.25, 0.3) is 0 Å². The minimum atomic E-state index is 0.452. The summed E-state index contributed by atoms with van der Waals surface area (Å²) in [5.74, 6) is 0. The second-order valence-corrected chi connectivity index (χ2v) is 3.81. The van der Waals surface area contributed by atoms with Gasteiger partial charge in [-0.1, -0.05) is 0 Å². The molecule has 0 saturated heterocycles. The van der Waals surface area contributed by atoms with Crippen LogP contribution in [0, 0.1) is 11.3 Å². The van der Waals surface area contributed by atoms with Gasteiger partial charge in [-0.15, -0.1) is 0 Å². The Hall–Kier alpha value is -0.950. The van der Waals surface area contributed by atoms with Crippen LogP contribution in [0.1, 0.15) is 5.56 Å². The van der Waals surface area contributed by atoms with E-state index in [0.717, 1.165) is 0 Å². The number of nitriles is 1. The van der Waals surface area contributed by atoms with Crippen LogP contribution in [-0.4, -0.2) is 6.08 Å². The molecule has 3 nitrogen and oxygen atoms in total. The second-order valence-electron chi connectivity index (χ2n) is 2.10. The summed E-state index contributed by atoms with van der Waals surface area (Å²) >= 11 is 6.37. The van der Waals surface area contributed by atoms with E-state index in [9.17, 15) is 4.79 Å². The molecule has 5 heteroatoms. The molecule has 13 heavy (non-hydrogen) atoms. The summed E-state index contributed by atoms with van der Waals surface area (Å²) < 4.78 is 1.19. The van der Waals surface area contributed by atoms with Crippen LogP contribution in [0.25, 0.3) is 0 Å². The first-order valence-corrected chi connectivity index (χ1v) is 4.74. The molecule has 0 saturated carbocycles. The monoisotopic (exact) mass is 300 g/mol. The highest BCUT2D eigenvalue weighted by Crippen LogP contribution is 2.29. The number of nitrogens with zero attached hydrogens (tertiary/aromatic N) is 2. The van der Waals surface area contributed by atoms with Crippen LogP contribution in [-0.2, 0) is 4.79 Å². The fourth-order valence-corrected chi connectivity index (χ4v) is 2.12. The van der Waals surface area contributed by atoms with Crippen LogP contribution in [0.4, 0.5) is 5.69 Å². The Balaban J connectivity index is 3.38. The van der Waals surface area contributed by atoms with Crippen molar-refractivity contribution in [2.75, 3.05) is 0 Å². The molecule has 0 N–H and O–H groups in total. The van der Waals surface area contributed by atoms with Crippen molar-refractivity contribution in [1.82, 2.24) is 0 Å². The molecule has 1 aromatic rings. The predicted octanol–water partition coefficient (Wildman–Crippen LogP) is 3.05. The lowest BCUT2D eigenvalue weighted by Gasteiger charge is -1.99. The van der Waals surface area contributed by atoms with Gasteiger partial charge in [-0.05, 0) is 44.0 Å². The molecule has 0 aliphatic heterocycles. The first kappa shape index (κ1) is 10.1. The van der Waals surface area contributed by atoms with Crippen molar-refractivity contribution in [3.63, 3.8) is 0 Å². The molecule has 1 aromatic carbocycles. The lowest BCUT2D eigenvalue weighted by molar-refractivity contribution is 0.565. The van der Waals surface area contributed by atoms with Crippen LogP contribution in [0.2, 0.25) is 0 Å². The average Bonchev–Trinajstić information content (AvgIpc) is 2.04. The third-order valence-electron chi connectivity index (χ3n) is 1.31. The molecule has 0 amide bonds. The molecule has 0 heterocycles. The number of benzene rings is 1. The van der Waals surface area contributed by atoms with Crippen molar-refractivity contribution in [2.45, 2.75) is 0 Å². The van der Waals surface area contributed by atoms with Crippen LogP contribution >= 0.6 is 31.9 Å². The maximum absolute atomic E-state index is 9.96. The number of halogens is 2. The summed E-state index contributed by atoms with van der Waals surface area (Å²) in [7, 11) is 0. The Morgan fingerprint density at radius 3 is 2.23 bits per heavy atom. The smallest absolute Gasteiger partial charge is 0.211 e. The maximum atomic E-state index is 9.96. The molecule has 0 bridgehead atoms. The topological polar surface area (TPSA) is 53.2 Å². The first-order valence-electron chi connectivity index (χ1n) is 3.16. The molecular formula is C8H2Br2N2O. The number of hydrogen-bond acceptors (Lipinski definition) is 3. The van der Waals surface area contributed by atoms with Crippen molar-refractivity contribution in [3.8, 4) is 6.07 Å². The largest absolute Gasteiger partial charge is 0.240 e. The highest BCUT2D eigenvalue weighted by atomic mass is 79.9. The summed E-state index contributed by atoms with van der Waals surface area (Å²) in [6.07, 6.45) is 1.43. The van der Waals surface area contributed by atoms with Gasteiger partial charge in [0.2, 0.25) is 6.08 Å². The van der Waals surface area contributed by atoms with Crippen molar-refractivity contribution < 1.29 is 4.79 Å². The van der Waals surface area contributed by atoms with E-state index in [1.54, 1.807) is 12.1 Å². The standard InChI is InChI=1S/C8H2Br2N2O/c9-7-1-5(12-4-13)2-8(10)6(7)3-11/h1-2H. The molecule has 64 valence electrons. The van der Waals surface area contributed by atoms with Gasteiger partial charge in [0.15, 0.2) is 0 Å². The van der Waals surface area contributed by atoms with E-state index < -0.39 is 0 Å². The molecular weight excluding hydrogens is 300 g/mol. The number of aliphatic imine (C=N–C) groups is 1. The van der Waals surface area contributed by atoms with Gasteiger partial charge < -0.3 is 0 Å². The van der Waals surface area contributed by atoms with E-state index in [1.165, 1.54) is 6.08 Å². The number of isocyanates is 1. The molecule has 0 aliphatic rings.